The number of nitrogens with zero attached hydrogens (tertiary/aromatic N) is 1. The van der Waals surface area contributed by atoms with Crippen LogP contribution >= 0.6 is 0 Å². The van der Waals surface area contributed by atoms with Crippen molar-refractivity contribution >= 4 is 11.8 Å². The molecule has 0 saturated heterocycles. The van der Waals surface area contributed by atoms with E-state index in [4.69, 9.17) is 4.52 Å². The van der Waals surface area contributed by atoms with Gasteiger partial charge in [-0.2, -0.15) is 0 Å². The number of hydrazine groups is 1. The number of amides is 2. The summed E-state index contributed by atoms with van der Waals surface area (Å²) in [7, 11) is 0. The summed E-state index contributed by atoms with van der Waals surface area (Å²) in [5.41, 5.74) is 5.52. The Morgan fingerprint density at radius 2 is 1.85 bits per heavy atom. The van der Waals surface area contributed by atoms with Gasteiger partial charge in [0.05, 0.1) is 0 Å². The minimum absolute atomic E-state index is 0.105. The minimum atomic E-state index is -0.523. The first-order chi connectivity index (χ1) is 9.58. The Morgan fingerprint density at radius 3 is 2.50 bits per heavy atom. The number of carbonyl (C=O) groups excluding carboxylic acids is 2. The summed E-state index contributed by atoms with van der Waals surface area (Å²) < 4.78 is 5.10. The van der Waals surface area contributed by atoms with E-state index in [1.54, 1.807) is 13.8 Å². The lowest BCUT2D eigenvalue weighted by Gasteiger charge is -2.07. The summed E-state index contributed by atoms with van der Waals surface area (Å²) in [6.45, 7) is 3.45. The summed E-state index contributed by atoms with van der Waals surface area (Å²) >= 11 is 0. The van der Waals surface area contributed by atoms with Crippen LogP contribution in [0.25, 0.3) is 11.3 Å². The van der Waals surface area contributed by atoms with Crippen LogP contribution in [0.4, 0.5) is 0 Å². The van der Waals surface area contributed by atoms with E-state index in [0.29, 0.717) is 5.76 Å². The summed E-state index contributed by atoms with van der Waals surface area (Å²) in [5, 5.41) is 3.68. The largest absolute Gasteiger partial charge is 0.355 e. The van der Waals surface area contributed by atoms with Crippen molar-refractivity contribution in [3.8, 4) is 11.3 Å². The van der Waals surface area contributed by atoms with E-state index in [0.717, 1.165) is 5.56 Å². The second-order valence-corrected chi connectivity index (χ2v) is 4.54. The van der Waals surface area contributed by atoms with Crippen molar-refractivity contribution in [1.29, 1.82) is 0 Å². The molecule has 0 aliphatic rings. The van der Waals surface area contributed by atoms with Gasteiger partial charge in [-0.1, -0.05) is 49.3 Å². The molecule has 1 aromatic heterocycles. The van der Waals surface area contributed by atoms with Gasteiger partial charge in [-0.3, -0.25) is 20.4 Å². The van der Waals surface area contributed by atoms with Gasteiger partial charge in [-0.15, -0.1) is 0 Å². The highest BCUT2D eigenvalue weighted by Gasteiger charge is 2.15. The van der Waals surface area contributed by atoms with Crippen LogP contribution in [-0.4, -0.2) is 17.0 Å². The number of aromatic nitrogens is 1. The molecule has 2 aromatic rings. The van der Waals surface area contributed by atoms with Crippen LogP contribution in [0.5, 0.6) is 0 Å². The van der Waals surface area contributed by atoms with Crippen LogP contribution in [0.3, 0.4) is 0 Å². The van der Waals surface area contributed by atoms with E-state index in [9.17, 15) is 9.59 Å². The Morgan fingerprint density at radius 1 is 1.15 bits per heavy atom. The number of rotatable bonds is 3. The molecule has 0 bridgehead atoms. The normalized spacial score (nSPS) is 10.3. The third kappa shape index (κ3) is 3.23. The van der Waals surface area contributed by atoms with Gasteiger partial charge in [0.2, 0.25) is 5.91 Å². The number of nitrogens with one attached hydrogen (secondary N) is 2. The summed E-state index contributed by atoms with van der Waals surface area (Å²) in [5.74, 6) is -0.520. The smallest absolute Gasteiger partial charge is 0.291 e. The fraction of sp³-hybridized carbons (Fsp3) is 0.214. The lowest BCUT2D eigenvalue weighted by atomic mass is 10.1. The molecule has 0 saturated carbocycles. The Hall–Kier alpha value is -2.63. The molecule has 0 aliphatic carbocycles. The number of benzene rings is 1. The predicted octanol–water partition coefficient (Wildman–Crippen LogP) is 1.76. The third-order valence-corrected chi connectivity index (χ3v) is 2.62. The molecule has 6 heteroatoms. The van der Waals surface area contributed by atoms with Crippen molar-refractivity contribution in [2.45, 2.75) is 13.8 Å². The predicted molar refractivity (Wildman–Crippen MR) is 72.4 cm³/mol. The molecule has 104 valence electrons. The van der Waals surface area contributed by atoms with Crippen molar-refractivity contribution in [2.75, 3.05) is 0 Å². The van der Waals surface area contributed by atoms with Crippen molar-refractivity contribution in [1.82, 2.24) is 16.0 Å². The molecule has 0 unspecified atom stereocenters. The number of hydrogen-bond donors (Lipinski definition) is 2. The molecule has 1 aromatic carbocycles. The molecule has 0 aliphatic heterocycles. The van der Waals surface area contributed by atoms with Crippen molar-refractivity contribution in [2.24, 2.45) is 5.92 Å². The van der Waals surface area contributed by atoms with Crippen LogP contribution in [0, 0.1) is 5.92 Å². The second kappa shape index (κ2) is 6.01. The number of hydrogen-bond acceptors (Lipinski definition) is 4. The van der Waals surface area contributed by atoms with Gasteiger partial charge in [-0.05, 0) is 0 Å². The highest BCUT2D eigenvalue weighted by molar-refractivity contribution is 5.94. The second-order valence-electron chi connectivity index (χ2n) is 4.54. The first-order valence-corrected chi connectivity index (χ1v) is 6.20. The van der Waals surface area contributed by atoms with Gasteiger partial charge in [0.1, 0.15) is 0 Å². The fourth-order valence-electron chi connectivity index (χ4n) is 1.45. The molecule has 2 N–H and O–H groups in total. The fourth-order valence-corrected chi connectivity index (χ4v) is 1.45. The lowest BCUT2D eigenvalue weighted by Crippen LogP contribution is -2.43. The van der Waals surface area contributed by atoms with Gasteiger partial charge in [0.25, 0.3) is 5.91 Å². The van der Waals surface area contributed by atoms with Crippen molar-refractivity contribution < 1.29 is 14.1 Å². The maximum Gasteiger partial charge on any atom is 0.291 e. The molecule has 0 atom stereocenters. The van der Waals surface area contributed by atoms with E-state index >= 15 is 0 Å². The quantitative estimate of drug-likeness (QED) is 0.834. The average molecular weight is 273 g/mol. The Labute approximate surface area is 116 Å². The summed E-state index contributed by atoms with van der Waals surface area (Å²) in [6.07, 6.45) is 0. The van der Waals surface area contributed by atoms with Crippen LogP contribution in [0.15, 0.2) is 40.9 Å². The molecule has 1 heterocycles. The maximum atomic E-state index is 11.8. The molecule has 0 spiro atoms. The summed E-state index contributed by atoms with van der Waals surface area (Å²) in [6, 6.07) is 10.8. The van der Waals surface area contributed by atoms with Crippen LogP contribution in [0.2, 0.25) is 0 Å². The minimum Gasteiger partial charge on any atom is -0.355 e. The van der Waals surface area contributed by atoms with Gasteiger partial charge in [0, 0.05) is 17.5 Å². The van der Waals surface area contributed by atoms with Gasteiger partial charge in [0.15, 0.2) is 11.5 Å². The van der Waals surface area contributed by atoms with E-state index < -0.39 is 5.91 Å². The molecule has 2 amide bonds. The topological polar surface area (TPSA) is 84.2 Å². The van der Waals surface area contributed by atoms with Crippen molar-refractivity contribution in [3.63, 3.8) is 0 Å². The van der Waals surface area contributed by atoms with Crippen LogP contribution in [-0.2, 0) is 4.79 Å². The van der Waals surface area contributed by atoms with E-state index in [1.807, 2.05) is 30.3 Å². The first kappa shape index (κ1) is 13.8. The zero-order valence-corrected chi connectivity index (χ0v) is 11.2. The molecule has 20 heavy (non-hydrogen) atoms. The molecule has 0 fully saturated rings. The standard InChI is InChI=1S/C14H15N3O3/c1-9(2)13(18)15-16-14(19)11-8-12(20-17-11)10-6-4-3-5-7-10/h3-9H,1-2H3,(H,15,18)(H,16,19). The van der Waals surface area contributed by atoms with Gasteiger partial charge < -0.3 is 4.52 Å². The summed E-state index contributed by atoms with van der Waals surface area (Å²) in [4.78, 5) is 23.1. The number of carbonyl (C=O) groups is 2. The Kier molecular flexibility index (Phi) is 4.14. The molecule has 2 rings (SSSR count). The Bertz CT molecular complexity index is 605. The monoisotopic (exact) mass is 273 g/mol. The molecule has 0 radical (unpaired) electrons. The average Bonchev–Trinajstić information content (AvgIpc) is 2.95. The molecule has 6 nitrogen and oxygen atoms in total. The Balaban J connectivity index is 2.02. The van der Waals surface area contributed by atoms with E-state index in [2.05, 4.69) is 16.0 Å². The SMILES string of the molecule is CC(C)C(=O)NNC(=O)c1cc(-c2ccccc2)on1. The maximum absolute atomic E-state index is 11.8. The van der Waals surface area contributed by atoms with Gasteiger partial charge >= 0.3 is 0 Å². The van der Waals surface area contributed by atoms with Crippen LogP contribution in [0.1, 0.15) is 24.3 Å². The van der Waals surface area contributed by atoms with E-state index in [-0.39, 0.29) is 17.5 Å². The van der Waals surface area contributed by atoms with Gasteiger partial charge in [-0.25, -0.2) is 0 Å². The lowest BCUT2D eigenvalue weighted by molar-refractivity contribution is -0.124. The molecular formula is C14H15N3O3. The highest BCUT2D eigenvalue weighted by Crippen LogP contribution is 2.19. The zero-order chi connectivity index (χ0) is 14.5. The molecular weight excluding hydrogens is 258 g/mol. The van der Waals surface area contributed by atoms with Crippen molar-refractivity contribution in [3.05, 3.63) is 42.1 Å². The first-order valence-electron chi connectivity index (χ1n) is 6.20. The van der Waals surface area contributed by atoms with E-state index in [1.165, 1.54) is 6.07 Å². The highest BCUT2D eigenvalue weighted by atomic mass is 16.5. The van der Waals surface area contributed by atoms with Crippen LogP contribution < -0.4 is 10.9 Å². The third-order valence-electron chi connectivity index (χ3n) is 2.62. The zero-order valence-electron chi connectivity index (χ0n) is 11.2.